The Labute approximate surface area is 141 Å². The van der Waals surface area contributed by atoms with E-state index in [9.17, 15) is 13.0 Å². The Hall–Kier alpha value is -0.590. The van der Waals surface area contributed by atoms with E-state index in [-0.39, 0.29) is 34.5 Å². The molecule has 0 aliphatic rings. The molecule has 0 atom stereocenters. The zero-order valence-electron chi connectivity index (χ0n) is 11.8. The number of hydrogen-bond donors (Lipinski definition) is 0. The summed E-state index contributed by atoms with van der Waals surface area (Å²) in [5.74, 6) is 1.17. The van der Waals surface area contributed by atoms with Gasteiger partial charge in [0, 0.05) is 0 Å². The molecule has 0 saturated heterocycles. The average molecular weight is 302 g/mol. The third-order valence-corrected chi connectivity index (χ3v) is 3.49. The quantitative estimate of drug-likeness (QED) is 0.579. The molecule has 20 heavy (non-hydrogen) atoms. The van der Waals surface area contributed by atoms with Crippen molar-refractivity contribution in [1.82, 2.24) is 0 Å². The molecule has 0 spiro atoms. The van der Waals surface area contributed by atoms with Gasteiger partial charge in [-0.1, -0.05) is 26.0 Å². The summed E-state index contributed by atoms with van der Waals surface area (Å²) < 4.78 is 38.4. The fourth-order valence-corrected chi connectivity index (χ4v) is 2.22. The van der Waals surface area contributed by atoms with E-state index in [1.54, 1.807) is 18.2 Å². The van der Waals surface area contributed by atoms with E-state index >= 15 is 0 Å². The molecule has 0 saturated carbocycles. The van der Waals surface area contributed by atoms with E-state index in [1.807, 2.05) is 6.07 Å². The van der Waals surface area contributed by atoms with E-state index in [1.165, 1.54) is 12.1 Å². The zero-order valence-corrected chi connectivity index (χ0v) is 14.6. The first-order valence-corrected chi connectivity index (χ1v) is 7.39. The molecule has 6 heteroatoms. The third-order valence-electron chi connectivity index (χ3n) is 2.66. The van der Waals surface area contributed by atoms with Crippen molar-refractivity contribution in [3.05, 3.63) is 36.4 Å². The molecule has 0 unspecified atom stereocenters. The van der Waals surface area contributed by atoms with Gasteiger partial charge in [-0.05, 0) is 41.0 Å². The van der Waals surface area contributed by atoms with Crippen molar-refractivity contribution in [3.63, 3.8) is 0 Å². The van der Waals surface area contributed by atoms with Crippen LogP contribution in [0.5, 0.6) is 5.75 Å². The standard InChI is InChI=1S/C14H16O4S.Na/c1-10(2)9-18-13-5-3-12-8-14(19(15,16)17)6-4-11(12)7-13;/h3-8,10H,9H2,1-2H3,(H,15,16,17);/q;+1/p-1. The summed E-state index contributed by atoms with van der Waals surface area (Å²) in [5.41, 5.74) is 0. The van der Waals surface area contributed by atoms with Crippen molar-refractivity contribution in [1.29, 1.82) is 0 Å². The molecule has 2 rings (SSSR count). The van der Waals surface area contributed by atoms with Crippen LogP contribution in [0.4, 0.5) is 0 Å². The predicted molar refractivity (Wildman–Crippen MR) is 72.2 cm³/mol. The average Bonchev–Trinajstić information content (AvgIpc) is 2.34. The molecule has 2 aromatic carbocycles. The molecule has 4 nitrogen and oxygen atoms in total. The minimum absolute atomic E-state index is 0. The van der Waals surface area contributed by atoms with Gasteiger partial charge in [-0.2, -0.15) is 0 Å². The van der Waals surface area contributed by atoms with Crippen molar-refractivity contribution in [2.75, 3.05) is 6.61 Å². The monoisotopic (exact) mass is 302 g/mol. The first-order valence-electron chi connectivity index (χ1n) is 5.99. The van der Waals surface area contributed by atoms with Crippen molar-refractivity contribution in [2.24, 2.45) is 5.92 Å². The second-order valence-electron chi connectivity index (χ2n) is 4.83. The maximum atomic E-state index is 10.9. The maximum Gasteiger partial charge on any atom is 1.00 e. The van der Waals surface area contributed by atoms with E-state index in [4.69, 9.17) is 4.74 Å². The fourth-order valence-electron chi connectivity index (χ4n) is 1.71. The van der Waals surface area contributed by atoms with Crippen LogP contribution in [0.2, 0.25) is 0 Å². The van der Waals surface area contributed by atoms with Crippen molar-refractivity contribution < 1.29 is 47.3 Å². The topological polar surface area (TPSA) is 66.4 Å². The molecule has 0 bridgehead atoms. The van der Waals surface area contributed by atoms with Crippen LogP contribution in [-0.2, 0) is 10.1 Å². The van der Waals surface area contributed by atoms with Gasteiger partial charge in [0.05, 0.1) is 11.5 Å². The van der Waals surface area contributed by atoms with Crippen molar-refractivity contribution >= 4 is 20.9 Å². The number of rotatable bonds is 4. The normalized spacial score (nSPS) is 11.4. The van der Waals surface area contributed by atoms with Crippen LogP contribution in [0, 0.1) is 5.92 Å². The summed E-state index contributed by atoms with van der Waals surface area (Å²) in [6, 6.07) is 9.66. The summed E-state index contributed by atoms with van der Waals surface area (Å²) in [7, 11) is -4.41. The first-order chi connectivity index (χ1) is 8.86. The van der Waals surface area contributed by atoms with Gasteiger partial charge in [0.2, 0.25) is 0 Å². The Morgan fingerprint density at radius 2 is 1.70 bits per heavy atom. The molecule has 102 valence electrons. The molecule has 2 aromatic rings. The summed E-state index contributed by atoms with van der Waals surface area (Å²) in [6.07, 6.45) is 0. The van der Waals surface area contributed by atoms with E-state index in [2.05, 4.69) is 13.8 Å². The number of fused-ring (bicyclic) bond motifs is 1. The smallest absolute Gasteiger partial charge is 0.744 e. The van der Waals surface area contributed by atoms with E-state index in [0.717, 1.165) is 11.1 Å². The van der Waals surface area contributed by atoms with Gasteiger partial charge in [-0.25, -0.2) is 8.42 Å². The Morgan fingerprint density at radius 1 is 1.10 bits per heavy atom. The third kappa shape index (κ3) is 4.46. The van der Waals surface area contributed by atoms with Gasteiger partial charge in [-0.15, -0.1) is 0 Å². The van der Waals surface area contributed by atoms with Gasteiger partial charge >= 0.3 is 29.6 Å². The van der Waals surface area contributed by atoms with E-state index in [0.29, 0.717) is 17.9 Å². The number of benzene rings is 2. The van der Waals surface area contributed by atoms with Crippen LogP contribution < -0.4 is 34.3 Å². The number of hydrogen-bond acceptors (Lipinski definition) is 4. The molecular formula is C14H15NaO4S. The maximum absolute atomic E-state index is 10.9. The molecule has 0 radical (unpaired) electrons. The summed E-state index contributed by atoms with van der Waals surface area (Å²) >= 11 is 0. The minimum Gasteiger partial charge on any atom is -0.744 e. The molecule has 0 aliphatic carbocycles. The Kier molecular flexibility index (Phi) is 6.04. The Balaban J connectivity index is 0.00000200. The summed E-state index contributed by atoms with van der Waals surface area (Å²) in [4.78, 5) is -0.212. The SMILES string of the molecule is CC(C)COc1ccc2cc(S(=O)(=O)[O-])ccc2c1.[Na+]. The predicted octanol–water partition coefficient (Wildman–Crippen LogP) is -0.217. The summed E-state index contributed by atoms with van der Waals surface area (Å²) in [5, 5.41) is 1.54. The molecule has 0 N–H and O–H groups in total. The minimum atomic E-state index is -4.41. The van der Waals surface area contributed by atoms with Crippen LogP contribution in [-0.4, -0.2) is 19.6 Å². The van der Waals surface area contributed by atoms with Gasteiger partial charge in [0.1, 0.15) is 15.9 Å². The van der Waals surface area contributed by atoms with Crippen LogP contribution in [0.3, 0.4) is 0 Å². The van der Waals surface area contributed by atoms with Crippen molar-refractivity contribution in [3.8, 4) is 5.75 Å². The molecule has 0 aliphatic heterocycles. The second-order valence-corrected chi connectivity index (χ2v) is 6.21. The molecule has 0 heterocycles. The Morgan fingerprint density at radius 3 is 2.30 bits per heavy atom. The second kappa shape index (κ2) is 6.91. The van der Waals surface area contributed by atoms with Crippen LogP contribution in [0.1, 0.15) is 13.8 Å². The van der Waals surface area contributed by atoms with Gasteiger partial charge in [-0.3, -0.25) is 0 Å². The summed E-state index contributed by atoms with van der Waals surface area (Å²) in [6.45, 7) is 4.75. The molecule has 0 amide bonds. The van der Waals surface area contributed by atoms with Crippen molar-refractivity contribution in [2.45, 2.75) is 18.7 Å². The van der Waals surface area contributed by atoms with Crippen LogP contribution in [0.25, 0.3) is 10.8 Å². The van der Waals surface area contributed by atoms with Crippen LogP contribution in [0.15, 0.2) is 41.3 Å². The van der Waals surface area contributed by atoms with Gasteiger partial charge in [0.25, 0.3) is 0 Å². The zero-order chi connectivity index (χ0) is 14.0. The van der Waals surface area contributed by atoms with E-state index < -0.39 is 10.1 Å². The first kappa shape index (κ1) is 17.5. The Bertz CT molecular complexity index is 695. The largest absolute Gasteiger partial charge is 1.00 e. The van der Waals surface area contributed by atoms with Gasteiger partial charge < -0.3 is 9.29 Å². The number of ether oxygens (including phenoxy) is 1. The fraction of sp³-hybridized carbons (Fsp3) is 0.286. The molecular weight excluding hydrogens is 287 g/mol. The molecule has 0 fully saturated rings. The molecule has 0 aromatic heterocycles. The van der Waals surface area contributed by atoms with Crippen LogP contribution >= 0.6 is 0 Å². The van der Waals surface area contributed by atoms with Gasteiger partial charge in [0.15, 0.2) is 0 Å².